The molecule has 2 N–H and O–H groups in total. The molecular weight excluding hydrogens is 381 g/mol. The highest BCUT2D eigenvalue weighted by atomic mass is 31.1. The zero-order valence-corrected chi connectivity index (χ0v) is 17.6. The molecule has 0 fully saturated rings. The van der Waals surface area contributed by atoms with E-state index in [0.717, 1.165) is 25.9 Å². The second-order valence-corrected chi connectivity index (χ2v) is 7.96. The van der Waals surface area contributed by atoms with Gasteiger partial charge in [-0.1, -0.05) is 66.7 Å². The molecule has 0 radical (unpaired) electrons. The van der Waals surface area contributed by atoms with Crippen molar-refractivity contribution in [3.63, 3.8) is 0 Å². The molecule has 29 heavy (non-hydrogen) atoms. The largest absolute Gasteiger partial charge is 0.694 e. The molecule has 3 rings (SSSR count). The summed E-state index contributed by atoms with van der Waals surface area (Å²) in [7, 11) is -2.49. The number of benzene rings is 3. The third-order valence-electron chi connectivity index (χ3n) is 5.12. The van der Waals surface area contributed by atoms with Crippen molar-refractivity contribution in [2.24, 2.45) is 0 Å². The fraction of sp³-hybridized carbons (Fsp3) is 0.333. The fourth-order valence-corrected chi connectivity index (χ4v) is 3.93. The van der Waals surface area contributed by atoms with Gasteiger partial charge in [-0.05, 0) is 66.1 Å². The molecule has 1 atom stereocenters. The Morgan fingerprint density at radius 2 is 1.45 bits per heavy atom. The first-order valence-electron chi connectivity index (χ1n) is 10.3. The van der Waals surface area contributed by atoms with Crippen molar-refractivity contribution < 1.29 is 14.0 Å². The first-order valence-corrected chi connectivity index (χ1v) is 11.4. The third kappa shape index (κ3) is 7.02. The first kappa shape index (κ1) is 21.6. The standard InChI is InChI=1S/C24H28NO3P/c26-29(27)28-18-8-17-25-19-22-16-15-21(23-13-6-7-14-24(22)23)12-5-4-11-20-9-2-1-3-10-20/h1-3,6-7,9-10,13-16,25H,4-5,8,11-12,17-19H2/p+1. The number of aryl methyl sites for hydroxylation is 2. The number of hydrogen-bond donors (Lipinski definition) is 2. The van der Waals surface area contributed by atoms with E-state index in [9.17, 15) is 4.57 Å². The summed E-state index contributed by atoms with van der Waals surface area (Å²) in [6.07, 6.45) is 5.32. The normalized spacial score (nSPS) is 11.7. The van der Waals surface area contributed by atoms with Crippen LogP contribution in [0, 0.1) is 0 Å². The van der Waals surface area contributed by atoms with Crippen molar-refractivity contribution >= 4 is 19.0 Å². The van der Waals surface area contributed by atoms with Crippen LogP contribution in [0.2, 0.25) is 0 Å². The van der Waals surface area contributed by atoms with Crippen LogP contribution in [0.25, 0.3) is 10.8 Å². The van der Waals surface area contributed by atoms with Crippen LogP contribution >= 0.6 is 8.25 Å². The molecule has 1 unspecified atom stereocenters. The molecule has 0 saturated carbocycles. The summed E-state index contributed by atoms with van der Waals surface area (Å²) in [6, 6.07) is 23.8. The van der Waals surface area contributed by atoms with Crippen LogP contribution in [0.15, 0.2) is 66.7 Å². The maximum absolute atomic E-state index is 10.5. The Morgan fingerprint density at radius 3 is 2.21 bits per heavy atom. The van der Waals surface area contributed by atoms with E-state index >= 15 is 0 Å². The van der Waals surface area contributed by atoms with Gasteiger partial charge in [0, 0.05) is 11.1 Å². The lowest BCUT2D eigenvalue weighted by atomic mass is 9.95. The Bertz CT molecular complexity index is 914. The predicted octanol–water partition coefficient (Wildman–Crippen LogP) is 5.55. The quantitative estimate of drug-likeness (QED) is 0.304. The van der Waals surface area contributed by atoms with Gasteiger partial charge in [-0.25, -0.2) is 0 Å². The minimum Gasteiger partial charge on any atom is -0.313 e. The topological polar surface area (TPSA) is 58.6 Å². The van der Waals surface area contributed by atoms with Gasteiger partial charge in [-0.15, -0.1) is 9.42 Å². The smallest absolute Gasteiger partial charge is 0.313 e. The molecule has 0 amide bonds. The van der Waals surface area contributed by atoms with Crippen molar-refractivity contribution in [3.8, 4) is 0 Å². The molecule has 152 valence electrons. The summed E-state index contributed by atoms with van der Waals surface area (Å²) in [6.45, 7) is 1.82. The van der Waals surface area contributed by atoms with Crippen LogP contribution in [-0.2, 0) is 28.5 Å². The first-order chi connectivity index (χ1) is 14.2. The van der Waals surface area contributed by atoms with Gasteiger partial charge in [0.2, 0.25) is 0 Å². The van der Waals surface area contributed by atoms with Gasteiger partial charge in [0.05, 0.1) is 0 Å². The van der Waals surface area contributed by atoms with E-state index in [1.165, 1.54) is 40.3 Å². The van der Waals surface area contributed by atoms with Crippen LogP contribution in [-0.4, -0.2) is 18.0 Å². The summed E-state index contributed by atoms with van der Waals surface area (Å²) in [5.74, 6) is 0. The van der Waals surface area contributed by atoms with Crippen LogP contribution in [0.3, 0.4) is 0 Å². The molecule has 0 aliphatic rings. The predicted molar refractivity (Wildman–Crippen MR) is 119 cm³/mol. The molecule has 0 saturated heterocycles. The monoisotopic (exact) mass is 410 g/mol. The average molecular weight is 410 g/mol. The second kappa shape index (κ2) is 11.8. The lowest BCUT2D eigenvalue weighted by molar-refractivity contribution is 0.276. The average Bonchev–Trinajstić information content (AvgIpc) is 2.75. The lowest BCUT2D eigenvalue weighted by Crippen LogP contribution is -2.16. The SMILES string of the molecule is O=[P+](O)OCCCNCc1ccc(CCCCc2ccccc2)c2ccccc12. The van der Waals surface area contributed by atoms with Crippen molar-refractivity contribution in [2.75, 3.05) is 13.2 Å². The van der Waals surface area contributed by atoms with Crippen LogP contribution in [0.4, 0.5) is 0 Å². The second-order valence-electron chi connectivity index (χ2n) is 7.22. The van der Waals surface area contributed by atoms with Crippen molar-refractivity contribution in [3.05, 3.63) is 83.4 Å². The lowest BCUT2D eigenvalue weighted by Gasteiger charge is -2.12. The molecule has 0 heterocycles. The Balaban J connectivity index is 1.53. The van der Waals surface area contributed by atoms with Crippen LogP contribution in [0.5, 0.6) is 0 Å². The Labute approximate surface area is 173 Å². The molecule has 0 aromatic heterocycles. The van der Waals surface area contributed by atoms with E-state index < -0.39 is 8.25 Å². The summed E-state index contributed by atoms with van der Waals surface area (Å²) in [4.78, 5) is 8.63. The molecular formula is C24H29NO3P+. The molecule has 0 spiro atoms. The van der Waals surface area contributed by atoms with Crippen LogP contribution in [0.1, 0.15) is 36.0 Å². The minimum absolute atomic E-state index is 0.293. The maximum atomic E-state index is 10.5. The summed E-state index contributed by atoms with van der Waals surface area (Å²) < 4.78 is 15.2. The van der Waals surface area contributed by atoms with Gasteiger partial charge < -0.3 is 5.32 Å². The molecule has 0 aliphatic heterocycles. The van der Waals surface area contributed by atoms with E-state index in [4.69, 9.17) is 4.89 Å². The molecule has 0 bridgehead atoms. The number of hydrogen-bond acceptors (Lipinski definition) is 3. The van der Waals surface area contributed by atoms with E-state index in [1.807, 2.05) is 0 Å². The Kier molecular flexibility index (Phi) is 8.79. The van der Waals surface area contributed by atoms with E-state index in [-0.39, 0.29) is 0 Å². The van der Waals surface area contributed by atoms with E-state index in [0.29, 0.717) is 13.0 Å². The van der Waals surface area contributed by atoms with Gasteiger partial charge in [0.1, 0.15) is 6.61 Å². The molecule has 3 aromatic rings. The summed E-state index contributed by atoms with van der Waals surface area (Å²) >= 11 is 0. The van der Waals surface area contributed by atoms with Gasteiger partial charge in [-0.2, -0.15) is 0 Å². The highest BCUT2D eigenvalue weighted by Gasteiger charge is 2.10. The van der Waals surface area contributed by atoms with Gasteiger partial charge in [-0.3, -0.25) is 0 Å². The highest BCUT2D eigenvalue weighted by Crippen LogP contribution is 2.24. The van der Waals surface area contributed by atoms with E-state index in [1.54, 1.807) is 0 Å². The fourth-order valence-electron chi connectivity index (χ4n) is 3.65. The number of rotatable bonds is 12. The summed E-state index contributed by atoms with van der Waals surface area (Å²) in [5, 5.41) is 6.04. The maximum Gasteiger partial charge on any atom is 0.694 e. The zero-order valence-electron chi connectivity index (χ0n) is 16.7. The molecule has 4 nitrogen and oxygen atoms in total. The van der Waals surface area contributed by atoms with Crippen molar-refractivity contribution in [1.82, 2.24) is 5.32 Å². The van der Waals surface area contributed by atoms with Gasteiger partial charge in [0.15, 0.2) is 0 Å². The zero-order chi connectivity index (χ0) is 20.3. The Hall–Kier alpha value is -2.10. The van der Waals surface area contributed by atoms with Crippen molar-refractivity contribution in [2.45, 2.75) is 38.6 Å². The highest BCUT2D eigenvalue weighted by molar-refractivity contribution is 7.32. The number of unbranched alkanes of at least 4 members (excludes halogenated alkanes) is 1. The van der Waals surface area contributed by atoms with Crippen molar-refractivity contribution in [1.29, 1.82) is 0 Å². The molecule has 5 heteroatoms. The minimum atomic E-state index is -2.49. The number of fused-ring (bicyclic) bond motifs is 1. The third-order valence-corrected chi connectivity index (χ3v) is 5.53. The summed E-state index contributed by atoms with van der Waals surface area (Å²) in [5.41, 5.74) is 4.11. The molecule has 0 aliphatic carbocycles. The van der Waals surface area contributed by atoms with Crippen LogP contribution < -0.4 is 5.32 Å². The van der Waals surface area contributed by atoms with Gasteiger partial charge in [0.25, 0.3) is 0 Å². The van der Waals surface area contributed by atoms with E-state index in [2.05, 4.69) is 76.6 Å². The van der Waals surface area contributed by atoms with Gasteiger partial charge >= 0.3 is 8.25 Å². The molecule has 3 aromatic carbocycles. The Morgan fingerprint density at radius 1 is 0.793 bits per heavy atom. The number of nitrogens with one attached hydrogen (secondary N) is 1.